The van der Waals surface area contributed by atoms with Gasteiger partial charge in [-0.25, -0.2) is 9.78 Å². The van der Waals surface area contributed by atoms with Crippen LogP contribution in [0.3, 0.4) is 0 Å². The number of hydrogen-bond acceptors (Lipinski definition) is 5. The van der Waals surface area contributed by atoms with E-state index in [1.165, 1.54) is 14.2 Å². The lowest BCUT2D eigenvalue weighted by Crippen LogP contribution is -2.23. The quantitative estimate of drug-likeness (QED) is 0.468. The molecule has 1 heterocycles. The predicted octanol–water partition coefficient (Wildman–Crippen LogP) is 4.06. The van der Waals surface area contributed by atoms with Gasteiger partial charge in [-0.1, -0.05) is 24.3 Å². The van der Waals surface area contributed by atoms with Crippen LogP contribution < -0.4 is 10.1 Å². The highest BCUT2D eigenvalue weighted by atomic mass is 16.5. The van der Waals surface area contributed by atoms with E-state index in [4.69, 9.17) is 9.47 Å². The number of aryl methyl sites for hydroxylation is 1. The fraction of sp³-hybridized carbons (Fsp3) is 0.160. The molecule has 0 bridgehead atoms. The minimum atomic E-state index is -0.496. The van der Waals surface area contributed by atoms with Crippen LogP contribution >= 0.6 is 0 Å². The summed E-state index contributed by atoms with van der Waals surface area (Å²) in [7, 11) is 2.80. The minimum absolute atomic E-state index is 0.228. The molecule has 0 saturated carbocycles. The van der Waals surface area contributed by atoms with Crippen LogP contribution in [0.1, 0.15) is 32.1 Å². The van der Waals surface area contributed by atoms with Gasteiger partial charge >= 0.3 is 5.97 Å². The molecule has 162 valence electrons. The molecular weight excluding hydrogens is 406 g/mol. The van der Waals surface area contributed by atoms with Crippen molar-refractivity contribution in [3.05, 3.63) is 89.2 Å². The Labute approximate surface area is 185 Å². The maximum Gasteiger partial charge on any atom is 0.341 e. The molecule has 0 aliphatic heterocycles. The summed E-state index contributed by atoms with van der Waals surface area (Å²) < 4.78 is 12.1. The third-order valence-electron chi connectivity index (χ3n) is 5.22. The molecular formula is C25H23N3O4. The van der Waals surface area contributed by atoms with Gasteiger partial charge < -0.3 is 14.8 Å². The van der Waals surface area contributed by atoms with E-state index < -0.39 is 5.97 Å². The second kappa shape index (κ2) is 8.93. The molecule has 0 radical (unpaired) electrons. The SMILES string of the molecule is COC(=O)c1cc(CNC(=O)c2ccc3c(c2)nc(C)n3-c2ccccc2)ccc1OC. The van der Waals surface area contributed by atoms with Crippen molar-refractivity contribution in [3.63, 3.8) is 0 Å². The number of nitrogens with one attached hydrogen (secondary N) is 1. The van der Waals surface area contributed by atoms with E-state index >= 15 is 0 Å². The zero-order valence-corrected chi connectivity index (χ0v) is 18.1. The molecule has 0 unspecified atom stereocenters. The van der Waals surface area contributed by atoms with Gasteiger partial charge in [0.25, 0.3) is 5.91 Å². The number of rotatable bonds is 6. The molecule has 0 aliphatic rings. The van der Waals surface area contributed by atoms with Gasteiger partial charge in [-0.05, 0) is 55.0 Å². The van der Waals surface area contributed by atoms with Gasteiger partial charge in [0.15, 0.2) is 0 Å². The number of carbonyl (C=O) groups is 2. The van der Waals surface area contributed by atoms with Crippen molar-refractivity contribution in [2.75, 3.05) is 14.2 Å². The van der Waals surface area contributed by atoms with Gasteiger partial charge in [0.1, 0.15) is 17.1 Å². The fourth-order valence-electron chi connectivity index (χ4n) is 3.66. The number of amides is 1. The van der Waals surface area contributed by atoms with Crippen molar-refractivity contribution in [2.45, 2.75) is 13.5 Å². The Bertz CT molecular complexity index is 1300. The van der Waals surface area contributed by atoms with Crippen LogP contribution in [-0.2, 0) is 11.3 Å². The lowest BCUT2D eigenvalue weighted by atomic mass is 10.1. The average molecular weight is 429 g/mol. The summed E-state index contributed by atoms with van der Waals surface area (Å²) in [5, 5.41) is 2.89. The number of hydrogen-bond donors (Lipinski definition) is 1. The van der Waals surface area contributed by atoms with Crippen LogP contribution in [0.5, 0.6) is 5.75 Å². The monoisotopic (exact) mass is 429 g/mol. The Balaban J connectivity index is 1.54. The number of ether oxygens (including phenoxy) is 2. The summed E-state index contributed by atoms with van der Waals surface area (Å²) in [4.78, 5) is 29.4. The third-order valence-corrected chi connectivity index (χ3v) is 5.22. The lowest BCUT2D eigenvalue weighted by molar-refractivity contribution is 0.0597. The first kappa shape index (κ1) is 21.1. The first-order valence-corrected chi connectivity index (χ1v) is 10.1. The Morgan fingerprint density at radius 1 is 1.00 bits per heavy atom. The zero-order chi connectivity index (χ0) is 22.7. The van der Waals surface area contributed by atoms with E-state index in [-0.39, 0.29) is 12.5 Å². The summed E-state index contributed by atoms with van der Waals surface area (Å²) in [6.07, 6.45) is 0. The minimum Gasteiger partial charge on any atom is -0.496 e. The molecule has 3 aromatic carbocycles. The molecule has 1 aromatic heterocycles. The molecule has 0 spiro atoms. The molecule has 0 atom stereocenters. The standard InChI is InChI=1S/C25H23N3O4/c1-16-27-21-14-18(10-11-22(21)28(16)19-7-5-4-6-8-19)24(29)26-15-17-9-12-23(31-2)20(13-17)25(30)32-3/h4-14H,15H2,1-3H3,(H,26,29). The first-order chi connectivity index (χ1) is 15.5. The van der Waals surface area contributed by atoms with Crippen LogP contribution in [-0.4, -0.2) is 35.6 Å². The number of fused-ring (bicyclic) bond motifs is 1. The molecule has 4 aromatic rings. The molecule has 0 saturated heterocycles. The van der Waals surface area contributed by atoms with E-state index in [0.717, 1.165) is 28.1 Å². The Kier molecular flexibility index (Phi) is 5.89. The van der Waals surface area contributed by atoms with E-state index in [1.807, 2.05) is 43.3 Å². The maximum absolute atomic E-state index is 12.8. The van der Waals surface area contributed by atoms with Crippen LogP contribution in [0.25, 0.3) is 16.7 Å². The molecule has 1 amide bonds. The molecule has 32 heavy (non-hydrogen) atoms. The van der Waals surface area contributed by atoms with E-state index in [9.17, 15) is 9.59 Å². The molecule has 1 N–H and O–H groups in total. The molecule has 7 nitrogen and oxygen atoms in total. The van der Waals surface area contributed by atoms with E-state index in [0.29, 0.717) is 16.9 Å². The highest BCUT2D eigenvalue weighted by molar-refractivity contribution is 5.97. The van der Waals surface area contributed by atoms with E-state index in [1.54, 1.807) is 30.3 Å². The van der Waals surface area contributed by atoms with Crippen LogP contribution in [0, 0.1) is 6.92 Å². The summed E-state index contributed by atoms with van der Waals surface area (Å²) in [6.45, 7) is 2.19. The van der Waals surface area contributed by atoms with Gasteiger partial charge in [-0.3, -0.25) is 9.36 Å². The smallest absolute Gasteiger partial charge is 0.341 e. The van der Waals surface area contributed by atoms with Crippen LogP contribution in [0.4, 0.5) is 0 Å². The second-order valence-electron chi connectivity index (χ2n) is 7.24. The Morgan fingerprint density at radius 3 is 2.50 bits per heavy atom. The zero-order valence-electron chi connectivity index (χ0n) is 18.1. The average Bonchev–Trinajstić information content (AvgIpc) is 3.17. The van der Waals surface area contributed by atoms with Crippen molar-refractivity contribution in [1.29, 1.82) is 0 Å². The summed E-state index contributed by atoms with van der Waals surface area (Å²) in [5.41, 5.74) is 4.28. The van der Waals surface area contributed by atoms with E-state index in [2.05, 4.69) is 14.9 Å². The third kappa shape index (κ3) is 4.05. The largest absolute Gasteiger partial charge is 0.496 e. The Hall–Kier alpha value is -4.13. The van der Waals surface area contributed by atoms with Crippen molar-refractivity contribution in [3.8, 4) is 11.4 Å². The van der Waals surface area contributed by atoms with Crippen molar-refractivity contribution in [1.82, 2.24) is 14.9 Å². The van der Waals surface area contributed by atoms with Crippen LogP contribution in [0.2, 0.25) is 0 Å². The summed E-state index contributed by atoms with van der Waals surface area (Å²) in [6, 6.07) is 20.6. The van der Waals surface area contributed by atoms with Gasteiger partial charge in [0.05, 0.1) is 25.3 Å². The first-order valence-electron chi connectivity index (χ1n) is 10.1. The Morgan fingerprint density at radius 2 is 1.78 bits per heavy atom. The number of benzene rings is 3. The van der Waals surface area contributed by atoms with Crippen molar-refractivity contribution >= 4 is 22.9 Å². The van der Waals surface area contributed by atoms with Gasteiger partial charge in [-0.15, -0.1) is 0 Å². The topological polar surface area (TPSA) is 82.5 Å². The molecule has 0 fully saturated rings. The number of imidazole rings is 1. The van der Waals surface area contributed by atoms with Crippen LogP contribution in [0.15, 0.2) is 66.7 Å². The number of nitrogens with zero attached hydrogens (tertiary/aromatic N) is 2. The second-order valence-corrected chi connectivity index (χ2v) is 7.24. The summed E-state index contributed by atoms with van der Waals surface area (Å²) in [5.74, 6) is 0.540. The number of aromatic nitrogens is 2. The highest BCUT2D eigenvalue weighted by Gasteiger charge is 2.15. The number of methoxy groups -OCH3 is 2. The van der Waals surface area contributed by atoms with Crippen molar-refractivity contribution in [2.24, 2.45) is 0 Å². The molecule has 4 rings (SSSR count). The number of esters is 1. The number of para-hydroxylation sites is 1. The van der Waals surface area contributed by atoms with Gasteiger partial charge in [-0.2, -0.15) is 0 Å². The predicted molar refractivity (Wildman–Crippen MR) is 121 cm³/mol. The lowest BCUT2D eigenvalue weighted by Gasteiger charge is -2.10. The molecule has 7 heteroatoms. The van der Waals surface area contributed by atoms with Gasteiger partial charge in [0, 0.05) is 17.8 Å². The fourth-order valence-corrected chi connectivity index (χ4v) is 3.66. The normalized spacial score (nSPS) is 10.7. The van der Waals surface area contributed by atoms with Crippen molar-refractivity contribution < 1.29 is 19.1 Å². The molecule has 0 aliphatic carbocycles. The highest BCUT2D eigenvalue weighted by Crippen LogP contribution is 2.23. The number of carbonyl (C=O) groups excluding carboxylic acids is 2. The maximum atomic E-state index is 12.8. The van der Waals surface area contributed by atoms with Gasteiger partial charge in [0.2, 0.25) is 0 Å². The summed E-state index contributed by atoms with van der Waals surface area (Å²) >= 11 is 0.